The molecule has 0 radical (unpaired) electrons. The zero-order valence-electron chi connectivity index (χ0n) is 15.9. The predicted octanol–water partition coefficient (Wildman–Crippen LogP) is 2.87. The Kier molecular flexibility index (Phi) is 7.20. The molecule has 0 spiro atoms. The van der Waals surface area contributed by atoms with Crippen LogP contribution in [0.5, 0.6) is 5.75 Å². The molecule has 27 heavy (non-hydrogen) atoms. The van der Waals surface area contributed by atoms with E-state index in [1.54, 1.807) is 24.5 Å². The number of benzene rings is 1. The molecular formula is C20H27N3O3S. The van der Waals surface area contributed by atoms with Crippen LogP contribution in [0.25, 0.3) is 0 Å². The number of aryl methyl sites for hydroxylation is 1. The zero-order chi connectivity index (χ0) is 19.1. The molecule has 0 aliphatic carbocycles. The van der Waals surface area contributed by atoms with E-state index in [4.69, 9.17) is 9.47 Å². The second-order valence-electron chi connectivity index (χ2n) is 6.72. The summed E-state index contributed by atoms with van der Waals surface area (Å²) in [6.45, 7) is 6.03. The van der Waals surface area contributed by atoms with Crippen molar-refractivity contribution in [1.82, 2.24) is 15.2 Å². The monoisotopic (exact) mass is 389 g/mol. The van der Waals surface area contributed by atoms with Crippen LogP contribution in [0.15, 0.2) is 30.5 Å². The number of ether oxygens (including phenoxy) is 2. The fourth-order valence-corrected chi connectivity index (χ4v) is 3.99. The van der Waals surface area contributed by atoms with Crippen molar-refractivity contribution in [2.24, 2.45) is 0 Å². The molecule has 7 heteroatoms. The summed E-state index contributed by atoms with van der Waals surface area (Å²) in [6, 6.07) is 7.39. The van der Waals surface area contributed by atoms with Crippen LogP contribution < -0.4 is 10.1 Å². The molecule has 146 valence electrons. The number of rotatable bonds is 8. The standard InChI is InChI=1S/C20H27N3O3S/c1-15-22-13-19(27-15)14-23-9-6-17(7-10-23)26-18-5-3-4-16(12-18)20(24)21-8-11-25-2/h3-5,12-13,17H,6-11,14H2,1-2H3,(H,21,24). The van der Waals surface area contributed by atoms with Crippen LogP contribution in [-0.4, -0.2) is 55.2 Å². The first-order chi connectivity index (χ1) is 13.1. The van der Waals surface area contributed by atoms with Crippen LogP contribution in [0.3, 0.4) is 0 Å². The Morgan fingerprint density at radius 3 is 2.89 bits per heavy atom. The number of aromatic nitrogens is 1. The summed E-state index contributed by atoms with van der Waals surface area (Å²) in [5, 5.41) is 3.95. The van der Waals surface area contributed by atoms with Gasteiger partial charge in [-0.2, -0.15) is 0 Å². The molecule has 2 heterocycles. The van der Waals surface area contributed by atoms with E-state index < -0.39 is 0 Å². The van der Waals surface area contributed by atoms with Crippen LogP contribution in [0, 0.1) is 6.92 Å². The predicted molar refractivity (Wildman–Crippen MR) is 106 cm³/mol. The number of methoxy groups -OCH3 is 1. The maximum atomic E-state index is 12.1. The molecule has 0 saturated carbocycles. The van der Waals surface area contributed by atoms with Gasteiger partial charge in [0, 0.05) is 49.9 Å². The lowest BCUT2D eigenvalue weighted by atomic mass is 10.1. The van der Waals surface area contributed by atoms with Crippen LogP contribution >= 0.6 is 11.3 Å². The highest BCUT2D eigenvalue weighted by Gasteiger charge is 2.21. The molecule has 0 unspecified atom stereocenters. The first-order valence-electron chi connectivity index (χ1n) is 9.31. The van der Waals surface area contributed by atoms with E-state index in [-0.39, 0.29) is 12.0 Å². The minimum Gasteiger partial charge on any atom is -0.490 e. The molecule has 1 aromatic carbocycles. The molecule has 1 fully saturated rings. The Labute approximate surface area is 164 Å². The highest BCUT2D eigenvalue weighted by molar-refractivity contribution is 7.11. The van der Waals surface area contributed by atoms with Gasteiger partial charge in [-0.05, 0) is 38.0 Å². The summed E-state index contributed by atoms with van der Waals surface area (Å²) in [5.74, 6) is 0.651. The fraction of sp³-hybridized carbons (Fsp3) is 0.500. The van der Waals surface area contributed by atoms with E-state index >= 15 is 0 Å². The maximum absolute atomic E-state index is 12.1. The molecule has 1 saturated heterocycles. The van der Waals surface area contributed by atoms with E-state index in [0.717, 1.165) is 43.2 Å². The molecular weight excluding hydrogens is 362 g/mol. The van der Waals surface area contributed by atoms with Crippen molar-refractivity contribution in [3.8, 4) is 5.75 Å². The number of carbonyl (C=O) groups is 1. The van der Waals surface area contributed by atoms with Gasteiger partial charge in [0.2, 0.25) is 0 Å². The SMILES string of the molecule is COCCNC(=O)c1cccc(OC2CCN(Cc3cnc(C)s3)CC2)c1. The smallest absolute Gasteiger partial charge is 0.251 e. The van der Waals surface area contributed by atoms with Gasteiger partial charge in [0.15, 0.2) is 0 Å². The van der Waals surface area contributed by atoms with E-state index in [0.29, 0.717) is 18.7 Å². The van der Waals surface area contributed by atoms with Gasteiger partial charge in [-0.3, -0.25) is 9.69 Å². The van der Waals surface area contributed by atoms with Crippen molar-refractivity contribution >= 4 is 17.2 Å². The lowest BCUT2D eigenvalue weighted by molar-refractivity contribution is 0.0926. The number of nitrogens with one attached hydrogen (secondary N) is 1. The maximum Gasteiger partial charge on any atom is 0.251 e. The Balaban J connectivity index is 1.47. The zero-order valence-corrected chi connectivity index (χ0v) is 16.8. The van der Waals surface area contributed by atoms with Crippen LogP contribution in [0.4, 0.5) is 0 Å². The van der Waals surface area contributed by atoms with E-state index in [1.165, 1.54) is 4.88 Å². The molecule has 1 aliphatic rings. The Morgan fingerprint density at radius 2 is 2.19 bits per heavy atom. The van der Waals surface area contributed by atoms with Crippen LogP contribution in [0.1, 0.15) is 33.1 Å². The Morgan fingerprint density at radius 1 is 1.37 bits per heavy atom. The third-order valence-electron chi connectivity index (χ3n) is 4.57. The van der Waals surface area contributed by atoms with Gasteiger partial charge in [-0.15, -0.1) is 11.3 Å². The van der Waals surface area contributed by atoms with Gasteiger partial charge in [0.1, 0.15) is 11.9 Å². The first kappa shape index (κ1) is 19.8. The molecule has 0 atom stereocenters. The summed E-state index contributed by atoms with van der Waals surface area (Å²) < 4.78 is 11.1. The Bertz CT molecular complexity index is 742. The number of carbonyl (C=O) groups excluding carboxylic acids is 1. The largest absolute Gasteiger partial charge is 0.490 e. The topological polar surface area (TPSA) is 63.7 Å². The Hall–Kier alpha value is -1.96. The highest BCUT2D eigenvalue weighted by Crippen LogP contribution is 2.22. The van der Waals surface area contributed by atoms with Crippen molar-refractivity contribution in [2.45, 2.75) is 32.4 Å². The third kappa shape index (κ3) is 6.02. The fourth-order valence-electron chi connectivity index (χ4n) is 3.16. The van der Waals surface area contributed by atoms with Crippen molar-refractivity contribution < 1.29 is 14.3 Å². The van der Waals surface area contributed by atoms with Gasteiger partial charge in [0.05, 0.1) is 11.6 Å². The molecule has 0 bridgehead atoms. The molecule has 1 N–H and O–H groups in total. The van der Waals surface area contributed by atoms with Gasteiger partial charge in [0.25, 0.3) is 5.91 Å². The van der Waals surface area contributed by atoms with Crippen molar-refractivity contribution in [3.05, 3.63) is 45.9 Å². The van der Waals surface area contributed by atoms with Crippen LogP contribution in [-0.2, 0) is 11.3 Å². The molecule has 2 aromatic rings. The van der Waals surface area contributed by atoms with Crippen molar-refractivity contribution in [2.75, 3.05) is 33.4 Å². The number of likely N-dealkylation sites (tertiary alicyclic amines) is 1. The van der Waals surface area contributed by atoms with Gasteiger partial charge in [-0.25, -0.2) is 4.98 Å². The normalized spacial score (nSPS) is 15.6. The summed E-state index contributed by atoms with van der Waals surface area (Å²) in [7, 11) is 1.62. The van der Waals surface area contributed by atoms with Gasteiger partial charge in [-0.1, -0.05) is 6.07 Å². The highest BCUT2D eigenvalue weighted by atomic mass is 32.1. The number of amides is 1. The number of hydrogen-bond acceptors (Lipinski definition) is 6. The van der Waals surface area contributed by atoms with E-state index in [9.17, 15) is 4.79 Å². The number of nitrogens with zero attached hydrogens (tertiary/aromatic N) is 2. The second-order valence-corrected chi connectivity index (χ2v) is 8.03. The quantitative estimate of drug-likeness (QED) is 0.704. The molecule has 6 nitrogen and oxygen atoms in total. The average Bonchev–Trinajstić information content (AvgIpc) is 3.08. The summed E-state index contributed by atoms with van der Waals surface area (Å²) in [6.07, 6.45) is 4.15. The molecule has 1 amide bonds. The number of piperidine rings is 1. The lowest BCUT2D eigenvalue weighted by Gasteiger charge is -2.31. The summed E-state index contributed by atoms with van der Waals surface area (Å²) >= 11 is 1.77. The molecule has 1 aliphatic heterocycles. The third-order valence-corrected chi connectivity index (χ3v) is 5.47. The van der Waals surface area contributed by atoms with Crippen molar-refractivity contribution in [3.63, 3.8) is 0 Å². The lowest BCUT2D eigenvalue weighted by Crippen LogP contribution is -2.37. The van der Waals surface area contributed by atoms with Gasteiger partial charge < -0.3 is 14.8 Å². The van der Waals surface area contributed by atoms with E-state index in [2.05, 4.69) is 15.2 Å². The average molecular weight is 390 g/mol. The van der Waals surface area contributed by atoms with Gasteiger partial charge >= 0.3 is 0 Å². The van der Waals surface area contributed by atoms with E-state index in [1.807, 2.05) is 31.3 Å². The number of thiazole rings is 1. The van der Waals surface area contributed by atoms with Crippen LogP contribution in [0.2, 0.25) is 0 Å². The van der Waals surface area contributed by atoms with Crippen molar-refractivity contribution in [1.29, 1.82) is 0 Å². The number of hydrogen-bond donors (Lipinski definition) is 1. The minimum atomic E-state index is -0.104. The molecule has 3 rings (SSSR count). The summed E-state index contributed by atoms with van der Waals surface area (Å²) in [4.78, 5) is 20.2. The first-order valence-corrected chi connectivity index (χ1v) is 10.1. The minimum absolute atomic E-state index is 0.104. The second kappa shape index (κ2) is 9.82. The summed E-state index contributed by atoms with van der Waals surface area (Å²) in [5.41, 5.74) is 0.613. The molecule has 1 aromatic heterocycles.